The molecule has 1 aliphatic heterocycles. The number of primary amides is 1. The number of hydrogen-bond acceptors (Lipinski definition) is 8. The zero-order valence-corrected chi connectivity index (χ0v) is 18.9. The molecule has 11 heteroatoms. The number of nitrogens with two attached hydrogens (primary N) is 1. The van der Waals surface area contributed by atoms with Crippen molar-refractivity contribution in [2.75, 3.05) is 13.1 Å². The van der Waals surface area contributed by atoms with Crippen molar-refractivity contribution in [1.82, 2.24) is 10.2 Å². The lowest BCUT2D eigenvalue weighted by Gasteiger charge is -2.32. The number of phenols is 1. The van der Waals surface area contributed by atoms with E-state index in [1.54, 1.807) is 12.1 Å². The van der Waals surface area contributed by atoms with Gasteiger partial charge in [-0.3, -0.25) is 24.6 Å². The first-order chi connectivity index (χ1) is 16.6. The molecular weight excluding hydrogens is 456 g/mol. The molecule has 2 aromatic carbocycles. The minimum atomic E-state index is -0.886. The van der Waals surface area contributed by atoms with Crippen LogP contribution in [0.5, 0.6) is 5.75 Å². The van der Waals surface area contributed by atoms with Crippen LogP contribution in [-0.2, 0) is 6.54 Å². The first-order valence-corrected chi connectivity index (χ1v) is 11.0. The fourth-order valence-corrected chi connectivity index (χ4v) is 4.23. The Labute approximate surface area is 199 Å². The van der Waals surface area contributed by atoms with Crippen molar-refractivity contribution in [2.45, 2.75) is 32.4 Å². The topological polar surface area (TPSA) is 169 Å². The molecule has 11 nitrogen and oxygen atoms in total. The molecule has 0 aliphatic carbocycles. The third kappa shape index (κ3) is 4.99. The molecular formula is C24H24N4O7. The number of fused-ring (bicyclic) bond motifs is 1. The van der Waals surface area contributed by atoms with Crippen LogP contribution in [0.15, 0.2) is 45.6 Å². The average Bonchev–Trinajstić information content (AvgIpc) is 2.82. The van der Waals surface area contributed by atoms with Gasteiger partial charge in [-0.1, -0.05) is 12.1 Å². The minimum Gasteiger partial charge on any atom is -0.502 e. The second kappa shape index (κ2) is 9.55. The van der Waals surface area contributed by atoms with Crippen molar-refractivity contribution < 1.29 is 24.0 Å². The molecule has 0 unspecified atom stereocenters. The number of nitrogens with one attached hydrogen (secondary N) is 1. The maximum Gasteiger partial charge on any atom is 0.349 e. The average molecular weight is 480 g/mol. The Morgan fingerprint density at radius 2 is 1.89 bits per heavy atom. The largest absolute Gasteiger partial charge is 0.502 e. The minimum absolute atomic E-state index is 0.00757. The lowest BCUT2D eigenvalue weighted by molar-refractivity contribution is -0.385. The molecule has 0 spiro atoms. The van der Waals surface area contributed by atoms with E-state index in [2.05, 4.69) is 10.2 Å². The maximum absolute atomic E-state index is 12.8. The van der Waals surface area contributed by atoms with Gasteiger partial charge in [0.1, 0.15) is 11.1 Å². The van der Waals surface area contributed by atoms with Crippen LogP contribution >= 0.6 is 0 Å². The Morgan fingerprint density at radius 1 is 1.23 bits per heavy atom. The molecule has 4 rings (SSSR count). The number of nitro groups is 1. The third-order valence-electron chi connectivity index (χ3n) is 6.22. The van der Waals surface area contributed by atoms with E-state index in [1.807, 2.05) is 12.1 Å². The lowest BCUT2D eigenvalue weighted by Crippen LogP contribution is -2.45. The Bertz CT molecular complexity index is 1370. The Morgan fingerprint density at radius 3 is 2.49 bits per heavy atom. The summed E-state index contributed by atoms with van der Waals surface area (Å²) in [6.45, 7) is 3.53. The molecule has 1 aromatic heterocycles. The summed E-state index contributed by atoms with van der Waals surface area (Å²) in [7, 11) is 0. The lowest BCUT2D eigenvalue weighted by atomic mass is 10.0. The van der Waals surface area contributed by atoms with Gasteiger partial charge in [0.25, 0.3) is 5.91 Å². The number of phenolic OH excluding ortho intramolecular Hbond substituents is 1. The zero-order valence-electron chi connectivity index (χ0n) is 18.9. The highest BCUT2D eigenvalue weighted by Gasteiger charge is 2.25. The van der Waals surface area contributed by atoms with Gasteiger partial charge in [0.2, 0.25) is 11.7 Å². The quantitative estimate of drug-likeness (QED) is 0.274. The summed E-state index contributed by atoms with van der Waals surface area (Å²) in [5.41, 5.74) is 5.13. The van der Waals surface area contributed by atoms with Crippen molar-refractivity contribution in [3.63, 3.8) is 0 Å². The molecule has 1 aliphatic rings. The number of carbonyl (C=O) groups is 2. The van der Waals surface area contributed by atoms with Gasteiger partial charge in [0.15, 0.2) is 0 Å². The number of amides is 2. The Balaban J connectivity index is 1.42. The van der Waals surface area contributed by atoms with Crippen molar-refractivity contribution in [2.24, 2.45) is 5.73 Å². The summed E-state index contributed by atoms with van der Waals surface area (Å²) in [5.74, 6) is -1.67. The van der Waals surface area contributed by atoms with Gasteiger partial charge in [-0.2, -0.15) is 0 Å². The van der Waals surface area contributed by atoms with Crippen molar-refractivity contribution in [3.05, 3.63) is 79.2 Å². The van der Waals surface area contributed by atoms with E-state index < -0.39 is 33.8 Å². The van der Waals surface area contributed by atoms with E-state index in [4.69, 9.17) is 10.2 Å². The second-order valence-corrected chi connectivity index (χ2v) is 8.58. The Kier molecular flexibility index (Phi) is 6.52. The van der Waals surface area contributed by atoms with Crippen LogP contribution in [-0.4, -0.2) is 45.9 Å². The predicted octanol–water partition coefficient (Wildman–Crippen LogP) is 2.21. The summed E-state index contributed by atoms with van der Waals surface area (Å²) < 4.78 is 5.22. The highest BCUT2D eigenvalue weighted by molar-refractivity contribution is 5.98. The van der Waals surface area contributed by atoms with E-state index >= 15 is 0 Å². The fourth-order valence-electron chi connectivity index (χ4n) is 4.23. The SMILES string of the molecule is Cc1c(O)c([N+](=O)[O-])cc2cc(C(=O)NC3CCN(Cc4ccc(C(N)=O)cc4)CC3)c(=O)oc12. The number of hydrogen-bond donors (Lipinski definition) is 3. The van der Waals surface area contributed by atoms with E-state index in [0.717, 1.165) is 24.7 Å². The number of piperidine rings is 1. The molecule has 2 heterocycles. The molecule has 0 atom stereocenters. The zero-order chi connectivity index (χ0) is 25.3. The maximum atomic E-state index is 12.8. The molecule has 1 fully saturated rings. The predicted molar refractivity (Wildman–Crippen MR) is 126 cm³/mol. The molecule has 1 saturated heterocycles. The monoisotopic (exact) mass is 480 g/mol. The van der Waals surface area contributed by atoms with Gasteiger partial charge in [-0.25, -0.2) is 4.79 Å². The molecule has 2 amide bonds. The number of aryl methyl sites for hydroxylation is 1. The summed E-state index contributed by atoms with van der Waals surface area (Å²) in [6.07, 6.45) is 1.34. The standard InChI is InChI=1S/C24H24N4O7/c1-13-20(29)19(28(33)34)11-16-10-18(24(32)35-21(13)16)23(31)26-17-6-8-27(9-7-17)12-14-2-4-15(5-3-14)22(25)30/h2-5,10-11,17,29H,6-9,12H2,1H3,(H2,25,30)(H,26,31). The third-order valence-corrected chi connectivity index (χ3v) is 6.22. The van der Waals surface area contributed by atoms with E-state index in [9.17, 15) is 29.6 Å². The van der Waals surface area contributed by atoms with Gasteiger partial charge in [0.05, 0.1) is 4.92 Å². The van der Waals surface area contributed by atoms with Crippen LogP contribution in [0.3, 0.4) is 0 Å². The number of carbonyl (C=O) groups excluding carboxylic acids is 2. The first kappa shape index (κ1) is 23.9. The van der Waals surface area contributed by atoms with Gasteiger partial charge in [-0.15, -0.1) is 0 Å². The number of aromatic hydroxyl groups is 1. The van der Waals surface area contributed by atoms with Crippen LogP contribution in [0.2, 0.25) is 0 Å². The van der Waals surface area contributed by atoms with Gasteiger partial charge in [-0.05, 0) is 43.5 Å². The summed E-state index contributed by atoms with van der Waals surface area (Å²) >= 11 is 0. The molecule has 4 N–H and O–H groups in total. The molecule has 0 radical (unpaired) electrons. The van der Waals surface area contributed by atoms with Crippen molar-refractivity contribution in [1.29, 1.82) is 0 Å². The number of nitrogens with zero attached hydrogens (tertiary/aromatic N) is 2. The number of rotatable bonds is 6. The highest BCUT2D eigenvalue weighted by Crippen LogP contribution is 2.35. The van der Waals surface area contributed by atoms with Crippen LogP contribution in [0.1, 0.15) is 44.7 Å². The van der Waals surface area contributed by atoms with E-state index in [-0.39, 0.29) is 28.1 Å². The Hall–Kier alpha value is -4.25. The van der Waals surface area contributed by atoms with Gasteiger partial charge in [0, 0.05) is 48.3 Å². The van der Waals surface area contributed by atoms with Crippen LogP contribution in [0.25, 0.3) is 11.0 Å². The molecule has 3 aromatic rings. The first-order valence-electron chi connectivity index (χ1n) is 11.0. The summed E-state index contributed by atoms with van der Waals surface area (Å²) in [6, 6.07) is 9.28. The van der Waals surface area contributed by atoms with Gasteiger partial charge < -0.3 is 20.6 Å². The van der Waals surface area contributed by atoms with Crippen molar-refractivity contribution in [3.8, 4) is 5.75 Å². The van der Waals surface area contributed by atoms with E-state index in [1.165, 1.54) is 13.0 Å². The fraction of sp³-hybridized carbons (Fsp3) is 0.292. The van der Waals surface area contributed by atoms with Gasteiger partial charge >= 0.3 is 11.3 Å². The smallest absolute Gasteiger partial charge is 0.349 e. The molecule has 0 saturated carbocycles. The van der Waals surface area contributed by atoms with Crippen LogP contribution in [0, 0.1) is 17.0 Å². The normalized spacial score (nSPS) is 14.7. The number of likely N-dealkylation sites (tertiary alicyclic amines) is 1. The highest BCUT2D eigenvalue weighted by atomic mass is 16.6. The van der Waals surface area contributed by atoms with Crippen molar-refractivity contribution >= 4 is 28.5 Å². The van der Waals surface area contributed by atoms with Crippen LogP contribution < -0.4 is 16.7 Å². The van der Waals surface area contributed by atoms with E-state index in [0.29, 0.717) is 24.9 Å². The number of benzene rings is 2. The summed E-state index contributed by atoms with van der Waals surface area (Å²) in [5, 5.41) is 24.2. The van der Waals surface area contributed by atoms with Crippen LogP contribution in [0.4, 0.5) is 5.69 Å². The number of nitro benzene ring substituents is 1. The summed E-state index contributed by atoms with van der Waals surface area (Å²) in [4.78, 5) is 49.1. The molecule has 0 bridgehead atoms. The molecule has 182 valence electrons. The molecule has 35 heavy (non-hydrogen) atoms. The second-order valence-electron chi connectivity index (χ2n) is 8.58.